The van der Waals surface area contributed by atoms with E-state index in [9.17, 15) is 23.3 Å². The molecule has 0 atom stereocenters. The number of rotatable bonds is 6. The van der Waals surface area contributed by atoms with E-state index in [0.717, 1.165) is 18.2 Å². The van der Waals surface area contributed by atoms with Gasteiger partial charge in [-0.2, -0.15) is 0 Å². The van der Waals surface area contributed by atoms with E-state index in [1.807, 2.05) is 0 Å². The number of nitrogens with zero attached hydrogens (tertiary/aromatic N) is 1. The number of sulfonamides is 1. The van der Waals surface area contributed by atoms with Gasteiger partial charge in [0.15, 0.2) is 0 Å². The van der Waals surface area contributed by atoms with E-state index >= 15 is 0 Å². The van der Waals surface area contributed by atoms with Crippen molar-refractivity contribution < 1.29 is 22.9 Å². The second-order valence-corrected chi connectivity index (χ2v) is 6.83. The minimum absolute atomic E-state index is 0.152. The molecule has 2 aromatic carbocycles. The number of carbonyl (C=O) groups is 1. The Hall–Kier alpha value is -2.65. The van der Waals surface area contributed by atoms with Crippen molar-refractivity contribution in [2.45, 2.75) is 11.8 Å². The Bertz CT molecular complexity index is 912. The summed E-state index contributed by atoms with van der Waals surface area (Å²) < 4.78 is 31.9. The molecule has 0 bridgehead atoms. The fourth-order valence-electron chi connectivity index (χ4n) is 1.91. The van der Waals surface area contributed by atoms with Crippen LogP contribution < -0.4 is 4.72 Å². The molecule has 0 spiro atoms. The van der Waals surface area contributed by atoms with E-state index in [-0.39, 0.29) is 22.9 Å². The molecule has 0 fully saturated rings. The maximum atomic E-state index is 12.4. The van der Waals surface area contributed by atoms with Crippen molar-refractivity contribution in [3.05, 3.63) is 63.2 Å². The third-order valence-electron chi connectivity index (χ3n) is 3.06. The van der Waals surface area contributed by atoms with Crippen LogP contribution in [-0.2, 0) is 14.8 Å². The molecular formula is C15H13ClN2O6S. The Labute approximate surface area is 148 Å². The highest BCUT2D eigenvalue weighted by atomic mass is 35.5. The van der Waals surface area contributed by atoms with Crippen molar-refractivity contribution in [2.24, 2.45) is 0 Å². The van der Waals surface area contributed by atoms with Gasteiger partial charge in [0.25, 0.3) is 15.7 Å². The Kier molecular flexibility index (Phi) is 5.60. The second kappa shape index (κ2) is 7.49. The summed E-state index contributed by atoms with van der Waals surface area (Å²) in [6.07, 6.45) is 0. The molecule has 0 aromatic heterocycles. The maximum absolute atomic E-state index is 12.4. The van der Waals surface area contributed by atoms with Gasteiger partial charge < -0.3 is 4.74 Å². The highest BCUT2D eigenvalue weighted by Crippen LogP contribution is 2.28. The minimum Gasteiger partial charge on any atom is -0.462 e. The Morgan fingerprint density at radius 2 is 1.88 bits per heavy atom. The lowest BCUT2D eigenvalue weighted by atomic mass is 10.2. The van der Waals surface area contributed by atoms with Crippen LogP contribution in [0.4, 0.5) is 11.4 Å². The summed E-state index contributed by atoms with van der Waals surface area (Å²) >= 11 is 5.85. The minimum atomic E-state index is -4.15. The zero-order valence-electron chi connectivity index (χ0n) is 12.9. The van der Waals surface area contributed by atoms with E-state index in [1.54, 1.807) is 6.92 Å². The molecule has 0 amide bonds. The second-order valence-electron chi connectivity index (χ2n) is 4.78. The highest BCUT2D eigenvalue weighted by molar-refractivity contribution is 7.92. The van der Waals surface area contributed by atoms with Gasteiger partial charge in [0, 0.05) is 17.8 Å². The van der Waals surface area contributed by atoms with E-state index < -0.39 is 31.5 Å². The average molecular weight is 385 g/mol. The monoisotopic (exact) mass is 384 g/mol. The normalized spacial score (nSPS) is 11.0. The summed E-state index contributed by atoms with van der Waals surface area (Å²) in [4.78, 5) is 21.2. The van der Waals surface area contributed by atoms with E-state index in [4.69, 9.17) is 16.3 Å². The van der Waals surface area contributed by atoms with Crippen LogP contribution in [0.15, 0.2) is 47.4 Å². The number of nitro benzene ring substituents is 1. The maximum Gasteiger partial charge on any atom is 0.338 e. The third-order valence-corrected chi connectivity index (χ3v) is 4.93. The standard InChI is InChI=1S/C15H13ClN2O6S/c1-2-24-15(19)10-3-5-11(6-4-10)17-25(22,23)14-9-12(18(20)21)7-8-13(14)16/h3-9,17H,2H2,1H3. The Morgan fingerprint density at radius 1 is 1.24 bits per heavy atom. The van der Waals surface area contributed by atoms with Crippen LogP contribution in [0.25, 0.3) is 0 Å². The molecule has 0 unspecified atom stereocenters. The third kappa shape index (κ3) is 4.46. The van der Waals surface area contributed by atoms with E-state index in [0.29, 0.717) is 0 Å². The van der Waals surface area contributed by atoms with Gasteiger partial charge in [-0.1, -0.05) is 11.6 Å². The van der Waals surface area contributed by atoms with Gasteiger partial charge in [0.2, 0.25) is 0 Å². The van der Waals surface area contributed by atoms with Gasteiger partial charge in [-0.25, -0.2) is 13.2 Å². The molecule has 1 N–H and O–H groups in total. The zero-order chi connectivity index (χ0) is 18.6. The molecule has 0 radical (unpaired) electrons. The van der Waals surface area contributed by atoms with Crippen LogP contribution in [-0.4, -0.2) is 25.9 Å². The average Bonchev–Trinajstić information content (AvgIpc) is 2.55. The highest BCUT2D eigenvalue weighted by Gasteiger charge is 2.22. The number of esters is 1. The number of nitrogens with one attached hydrogen (secondary N) is 1. The number of ether oxygens (including phenoxy) is 1. The number of nitro groups is 1. The molecule has 0 heterocycles. The lowest BCUT2D eigenvalue weighted by molar-refractivity contribution is -0.385. The predicted molar refractivity (Wildman–Crippen MR) is 91.3 cm³/mol. The number of hydrogen-bond donors (Lipinski definition) is 1. The smallest absolute Gasteiger partial charge is 0.338 e. The van der Waals surface area contributed by atoms with Crippen molar-refractivity contribution >= 4 is 39.0 Å². The molecule has 10 heteroatoms. The molecule has 0 aliphatic carbocycles. The van der Waals surface area contributed by atoms with Crippen molar-refractivity contribution in [3.8, 4) is 0 Å². The van der Waals surface area contributed by atoms with Crippen LogP contribution in [0.3, 0.4) is 0 Å². The topological polar surface area (TPSA) is 116 Å². The summed E-state index contributed by atoms with van der Waals surface area (Å²) in [6.45, 7) is 1.89. The van der Waals surface area contributed by atoms with Crippen LogP contribution in [0.1, 0.15) is 17.3 Å². The van der Waals surface area contributed by atoms with Crippen LogP contribution in [0.5, 0.6) is 0 Å². The number of hydrogen-bond acceptors (Lipinski definition) is 6. The molecule has 8 nitrogen and oxygen atoms in total. The number of non-ortho nitro benzene ring substituents is 1. The summed E-state index contributed by atoms with van der Waals surface area (Å²) in [7, 11) is -4.15. The first kappa shape index (κ1) is 18.7. The summed E-state index contributed by atoms with van der Waals surface area (Å²) in [6, 6.07) is 8.64. The molecule has 0 aliphatic heterocycles. The number of halogens is 1. The summed E-state index contributed by atoms with van der Waals surface area (Å²) in [5.41, 5.74) is 0.0243. The van der Waals surface area contributed by atoms with Gasteiger partial charge in [-0.15, -0.1) is 0 Å². The molecule has 132 valence electrons. The molecule has 2 rings (SSSR count). The molecule has 2 aromatic rings. The lowest BCUT2D eigenvalue weighted by Gasteiger charge is -2.10. The van der Waals surface area contributed by atoms with Crippen molar-refractivity contribution in [3.63, 3.8) is 0 Å². The molecule has 25 heavy (non-hydrogen) atoms. The van der Waals surface area contributed by atoms with Crippen LogP contribution in [0, 0.1) is 10.1 Å². The SMILES string of the molecule is CCOC(=O)c1ccc(NS(=O)(=O)c2cc([N+](=O)[O-])ccc2Cl)cc1. The lowest BCUT2D eigenvalue weighted by Crippen LogP contribution is -2.14. The van der Waals surface area contributed by atoms with Gasteiger partial charge in [-0.05, 0) is 37.3 Å². The molecule has 0 aliphatic rings. The largest absolute Gasteiger partial charge is 0.462 e. The molecule has 0 saturated heterocycles. The van der Waals surface area contributed by atoms with Gasteiger partial charge in [0.1, 0.15) is 4.90 Å². The van der Waals surface area contributed by atoms with Gasteiger partial charge in [-0.3, -0.25) is 14.8 Å². The molecule has 0 saturated carbocycles. The van der Waals surface area contributed by atoms with E-state index in [1.165, 1.54) is 24.3 Å². The zero-order valence-corrected chi connectivity index (χ0v) is 14.5. The van der Waals surface area contributed by atoms with E-state index in [2.05, 4.69) is 4.72 Å². The number of carbonyl (C=O) groups excluding carboxylic acids is 1. The van der Waals surface area contributed by atoms with Gasteiger partial charge in [0.05, 0.1) is 22.1 Å². The Morgan fingerprint density at radius 3 is 2.44 bits per heavy atom. The number of benzene rings is 2. The predicted octanol–water partition coefficient (Wildman–Crippen LogP) is 3.23. The first-order valence-corrected chi connectivity index (χ1v) is 8.84. The van der Waals surface area contributed by atoms with Crippen LogP contribution in [0.2, 0.25) is 5.02 Å². The summed E-state index contributed by atoms with van der Waals surface area (Å²) in [5.74, 6) is -0.529. The van der Waals surface area contributed by atoms with Crippen molar-refractivity contribution in [2.75, 3.05) is 11.3 Å². The quantitative estimate of drug-likeness (QED) is 0.464. The first-order chi connectivity index (χ1) is 11.7. The summed E-state index contributed by atoms with van der Waals surface area (Å²) in [5, 5.41) is 10.7. The Balaban J connectivity index is 2.29. The van der Waals surface area contributed by atoms with Crippen LogP contribution >= 0.6 is 11.6 Å². The van der Waals surface area contributed by atoms with Crippen molar-refractivity contribution in [1.29, 1.82) is 0 Å². The number of anilines is 1. The fraction of sp³-hybridized carbons (Fsp3) is 0.133. The fourth-order valence-corrected chi connectivity index (χ4v) is 3.49. The first-order valence-electron chi connectivity index (χ1n) is 6.98. The van der Waals surface area contributed by atoms with Gasteiger partial charge >= 0.3 is 5.97 Å². The molecular weight excluding hydrogens is 372 g/mol. The van der Waals surface area contributed by atoms with Crippen molar-refractivity contribution in [1.82, 2.24) is 0 Å².